The topological polar surface area (TPSA) is 65.3 Å². The first-order valence-corrected chi connectivity index (χ1v) is 6.39. The van der Waals surface area contributed by atoms with Gasteiger partial charge in [0.25, 0.3) is 5.88 Å². The summed E-state index contributed by atoms with van der Waals surface area (Å²) in [5.41, 5.74) is 0.305. The zero-order valence-corrected chi connectivity index (χ0v) is 12.1. The molecule has 0 bridgehead atoms. The molecule has 0 spiro atoms. The Morgan fingerprint density at radius 3 is 2.84 bits per heavy atom. The molecule has 0 unspecified atom stereocenters. The number of nitrogens with zero attached hydrogens (tertiary/aromatic N) is 2. The van der Waals surface area contributed by atoms with Crippen molar-refractivity contribution in [2.24, 2.45) is 0 Å². The summed E-state index contributed by atoms with van der Waals surface area (Å²) in [6.07, 6.45) is 1.45. The average molecular weight is 344 g/mol. The molecule has 1 aromatic carbocycles. The van der Waals surface area contributed by atoms with E-state index in [-0.39, 0.29) is 11.6 Å². The van der Waals surface area contributed by atoms with Crippen LogP contribution in [0, 0.1) is 17.0 Å². The molecule has 0 saturated heterocycles. The molecule has 7 heteroatoms. The van der Waals surface area contributed by atoms with Crippen molar-refractivity contribution in [1.82, 2.24) is 4.98 Å². The molecule has 2 rings (SSSR count). The molecule has 0 N–H and O–H groups in total. The third kappa shape index (κ3) is 3.02. The molecule has 0 aliphatic heterocycles. The van der Waals surface area contributed by atoms with Crippen molar-refractivity contribution >= 4 is 33.2 Å². The molecule has 0 radical (unpaired) electrons. The molecule has 5 nitrogen and oxygen atoms in total. The first-order chi connectivity index (χ1) is 8.99. The summed E-state index contributed by atoms with van der Waals surface area (Å²) in [6.45, 7) is 1.62. The Balaban J connectivity index is 2.46. The van der Waals surface area contributed by atoms with Crippen LogP contribution in [0.1, 0.15) is 5.56 Å². The molecule has 0 saturated carbocycles. The predicted octanol–water partition coefficient (Wildman–Crippen LogP) is 4.51. The molecule has 0 fully saturated rings. The van der Waals surface area contributed by atoms with Crippen LogP contribution in [0.2, 0.25) is 5.02 Å². The van der Waals surface area contributed by atoms with Crippen LogP contribution in [0.15, 0.2) is 34.9 Å². The molecular weight excluding hydrogens is 336 g/mol. The van der Waals surface area contributed by atoms with Gasteiger partial charge in [-0.2, -0.15) is 0 Å². The number of pyridine rings is 1. The van der Waals surface area contributed by atoms with E-state index in [1.807, 2.05) is 0 Å². The van der Waals surface area contributed by atoms with E-state index < -0.39 is 4.92 Å². The quantitative estimate of drug-likeness (QED) is 0.607. The summed E-state index contributed by atoms with van der Waals surface area (Å²) in [5, 5.41) is 11.4. The fourth-order valence-corrected chi connectivity index (χ4v) is 1.98. The van der Waals surface area contributed by atoms with Gasteiger partial charge in [-0.1, -0.05) is 27.5 Å². The standard InChI is InChI=1S/C12H8BrClN2O3/c1-7-4-5-15-12(11(7)16(17)18)19-10-6-8(13)2-3-9(10)14/h2-6H,1H3. The van der Waals surface area contributed by atoms with Crippen molar-refractivity contribution in [3.05, 3.63) is 55.6 Å². The van der Waals surface area contributed by atoms with E-state index in [1.165, 1.54) is 6.20 Å². The fourth-order valence-electron chi connectivity index (χ4n) is 1.48. The van der Waals surface area contributed by atoms with Gasteiger partial charge < -0.3 is 4.74 Å². The molecule has 1 heterocycles. The number of benzene rings is 1. The van der Waals surface area contributed by atoms with Crippen molar-refractivity contribution in [2.75, 3.05) is 0 Å². The fraction of sp³-hybridized carbons (Fsp3) is 0.0833. The van der Waals surface area contributed by atoms with E-state index in [9.17, 15) is 10.1 Å². The minimum absolute atomic E-state index is 0.0787. The monoisotopic (exact) mass is 342 g/mol. The van der Waals surface area contributed by atoms with Crippen molar-refractivity contribution < 1.29 is 9.66 Å². The van der Waals surface area contributed by atoms with Crippen molar-refractivity contribution in [3.63, 3.8) is 0 Å². The lowest BCUT2D eigenvalue weighted by Gasteiger charge is -2.08. The SMILES string of the molecule is Cc1ccnc(Oc2cc(Br)ccc2Cl)c1[N+](=O)[O-]. The van der Waals surface area contributed by atoms with Crippen LogP contribution >= 0.6 is 27.5 Å². The second-order valence-corrected chi connectivity index (χ2v) is 5.04. The lowest BCUT2D eigenvalue weighted by molar-refractivity contribution is -0.386. The molecule has 19 heavy (non-hydrogen) atoms. The van der Waals surface area contributed by atoms with Crippen molar-refractivity contribution in [2.45, 2.75) is 6.92 Å². The Morgan fingerprint density at radius 1 is 1.42 bits per heavy atom. The first-order valence-electron chi connectivity index (χ1n) is 5.22. The molecule has 0 aliphatic rings. The lowest BCUT2D eigenvalue weighted by Crippen LogP contribution is -1.98. The maximum absolute atomic E-state index is 11.0. The summed E-state index contributed by atoms with van der Waals surface area (Å²) in [4.78, 5) is 14.4. The molecular formula is C12H8BrClN2O3. The molecule has 98 valence electrons. The number of halogens is 2. The van der Waals surface area contributed by atoms with Crippen LogP contribution in [0.4, 0.5) is 5.69 Å². The van der Waals surface area contributed by atoms with Crippen molar-refractivity contribution in [1.29, 1.82) is 0 Å². The van der Waals surface area contributed by atoms with Gasteiger partial charge in [0, 0.05) is 16.2 Å². The van der Waals surface area contributed by atoms with E-state index in [4.69, 9.17) is 16.3 Å². The minimum Gasteiger partial charge on any atom is -0.432 e. The largest absolute Gasteiger partial charge is 0.432 e. The number of rotatable bonds is 3. The summed E-state index contributed by atoms with van der Waals surface area (Å²) in [5.74, 6) is 0.224. The Kier molecular flexibility index (Phi) is 4.01. The van der Waals surface area contributed by atoms with Crippen LogP contribution in [-0.4, -0.2) is 9.91 Å². The van der Waals surface area contributed by atoms with E-state index in [1.54, 1.807) is 31.2 Å². The maximum Gasteiger partial charge on any atom is 0.334 e. The summed E-state index contributed by atoms with van der Waals surface area (Å²) in [7, 11) is 0. The van der Waals surface area contributed by atoms with Crippen LogP contribution < -0.4 is 4.74 Å². The number of hydrogen-bond donors (Lipinski definition) is 0. The van der Waals surface area contributed by atoms with E-state index in [0.717, 1.165) is 4.47 Å². The van der Waals surface area contributed by atoms with E-state index in [2.05, 4.69) is 20.9 Å². The van der Waals surface area contributed by atoms with Gasteiger partial charge in [0.1, 0.15) is 5.75 Å². The van der Waals surface area contributed by atoms with Crippen LogP contribution in [-0.2, 0) is 0 Å². The molecule has 1 aromatic heterocycles. The highest BCUT2D eigenvalue weighted by Crippen LogP contribution is 2.36. The van der Waals surface area contributed by atoms with Crippen molar-refractivity contribution in [3.8, 4) is 11.6 Å². The zero-order chi connectivity index (χ0) is 14.0. The Bertz CT molecular complexity index is 649. The van der Waals surface area contributed by atoms with Crippen LogP contribution in [0.5, 0.6) is 11.6 Å². The van der Waals surface area contributed by atoms with E-state index in [0.29, 0.717) is 16.3 Å². The summed E-state index contributed by atoms with van der Waals surface area (Å²) in [6, 6.07) is 6.54. The van der Waals surface area contributed by atoms with Gasteiger partial charge in [-0.15, -0.1) is 0 Å². The highest BCUT2D eigenvalue weighted by molar-refractivity contribution is 9.10. The Labute approximate surface area is 122 Å². The average Bonchev–Trinajstić information content (AvgIpc) is 2.33. The minimum atomic E-state index is -0.524. The second kappa shape index (κ2) is 5.54. The lowest BCUT2D eigenvalue weighted by atomic mass is 10.2. The first kappa shape index (κ1) is 13.8. The van der Waals surface area contributed by atoms with Gasteiger partial charge >= 0.3 is 5.69 Å². The van der Waals surface area contributed by atoms with Gasteiger partial charge in [-0.05, 0) is 31.2 Å². The third-order valence-corrected chi connectivity index (χ3v) is 3.18. The number of aryl methyl sites for hydroxylation is 1. The molecule has 0 aliphatic carbocycles. The Morgan fingerprint density at radius 2 is 2.16 bits per heavy atom. The van der Waals surface area contributed by atoms with Gasteiger partial charge in [-0.25, -0.2) is 4.98 Å². The molecule has 2 aromatic rings. The van der Waals surface area contributed by atoms with Gasteiger partial charge in [0.2, 0.25) is 0 Å². The normalized spacial score (nSPS) is 10.3. The van der Waals surface area contributed by atoms with Crippen LogP contribution in [0.25, 0.3) is 0 Å². The number of hydrogen-bond acceptors (Lipinski definition) is 4. The highest BCUT2D eigenvalue weighted by atomic mass is 79.9. The van der Waals surface area contributed by atoms with Gasteiger partial charge in [0.15, 0.2) is 0 Å². The Hall–Kier alpha value is -1.66. The predicted molar refractivity (Wildman–Crippen MR) is 74.9 cm³/mol. The van der Waals surface area contributed by atoms with Crippen LogP contribution in [0.3, 0.4) is 0 Å². The highest BCUT2D eigenvalue weighted by Gasteiger charge is 2.21. The number of ether oxygens (including phenoxy) is 1. The zero-order valence-electron chi connectivity index (χ0n) is 9.76. The van der Waals surface area contributed by atoms with E-state index >= 15 is 0 Å². The molecule has 0 atom stereocenters. The second-order valence-electron chi connectivity index (χ2n) is 3.72. The van der Waals surface area contributed by atoms with Gasteiger partial charge in [0.05, 0.1) is 9.95 Å². The smallest absolute Gasteiger partial charge is 0.334 e. The maximum atomic E-state index is 11.0. The third-order valence-electron chi connectivity index (χ3n) is 2.37. The van der Waals surface area contributed by atoms with Gasteiger partial charge in [-0.3, -0.25) is 10.1 Å². The summed E-state index contributed by atoms with van der Waals surface area (Å²) < 4.78 is 6.20. The molecule has 0 amide bonds. The number of aromatic nitrogens is 1. The summed E-state index contributed by atoms with van der Waals surface area (Å²) >= 11 is 9.25. The number of nitro groups is 1.